The number of amides is 2. The molecule has 0 saturated carbocycles. The largest absolute Gasteiger partial charge is 0.477 e. The summed E-state index contributed by atoms with van der Waals surface area (Å²) in [4.78, 5) is 43.3. The van der Waals surface area contributed by atoms with Crippen LogP contribution in [0.25, 0.3) is 22.2 Å². The number of piperazine rings is 1. The second-order valence-electron chi connectivity index (χ2n) is 11.4. The van der Waals surface area contributed by atoms with Gasteiger partial charge in [0, 0.05) is 56.0 Å². The summed E-state index contributed by atoms with van der Waals surface area (Å²) in [6.45, 7) is 7.78. The van der Waals surface area contributed by atoms with Crippen LogP contribution in [0.2, 0.25) is 5.02 Å². The average Bonchev–Trinajstić information content (AvgIpc) is 3.67. The lowest BCUT2D eigenvalue weighted by molar-refractivity contribution is 0.0933. The number of para-hydroxylation sites is 1. The number of aromatic nitrogens is 3. The van der Waals surface area contributed by atoms with E-state index in [2.05, 4.69) is 34.1 Å². The Morgan fingerprint density at radius 1 is 1.05 bits per heavy atom. The van der Waals surface area contributed by atoms with Crippen molar-refractivity contribution in [2.75, 3.05) is 51.3 Å². The van der Waals surface area contributed by atoms with Gasteiger partial charge in [-0.3, -0.25) is 9.36 Å². The molecule has 4 aromatic rings. The first-order valence-corrected chi connectivity index (χ1v) is 15.7. The standard InChI is InChI=1S/C33H38ClN7O3/c1-4-24-21-39(33(43)41-17-13-22-8-6-10-26(34)30(22)41)18-19-40(24)28-12-11-27(25-9-7-15-35-32(25)44-5-2)37-29(28)31(42)36-23-14-16-38(3)20-23/h6-13,15,17,23-24H,4-5,14,16,18-21H2,1-3H3,(H,36,42)/t23-,24-/m1/s1. The van der Waals surface area contributed by atoms with E-state index in [-0.39, 0.29) is 24.0 Å². The number of benzene rings is 1. The SMILES string of the molecule is CCOc1ncccc1-c1ccc(N2CCN(C(=O)n3ccc4cccc(Cl)c43)C[C@H]2CC)c(C(=O)N[C@@H]2CCN(C)C2)n1. The van der Waals surface area contributed by atoms with Gasteiger partial charge >= 0.3 is 6.03 Å². The molecule has 11 heteroatoms. The molecule has 2 saturated heterocycles. The predicted molar refractivity (Wildman–Crippen MR) is 173 cm³/mol. The molecule has 1 aromatic carbocycles. The van der Waals surface area contributed by atoms with Crippen LogP contribution in [-0.2, 0) is 0 Å². The topological polar surface area (TPSA) is 95.8 Å². The predicted octanol–water partition coefficient (Wildman–Crippen LogP) is 5.15. The highest BCUT2D eigenvalue weighted by Gasteiger charge is 2.33. The third kappa shape index (κ3) is 5.84. The van der Waals surface area contributed by atoms with Crippen molar-refractivity contribution in [3.05, 3.63) is 71.6 Å². The fourth-order valence-corrected chi connectivity index (χ4v) is 6.58. The second-order valence-corrected chi connectivity index (χ2v) is 11.8. The number of ether oxygens (including phenoxy) is 1. The zero-order valence-corrected chi connectivity index (χ0v) is 26.1. The van der Waals surface area contributed by atoms with Crippen LogP contribution >= 0.6 is 11.6 Å². The molecule has 2 aliphatic rings. The summed E-state index contributed by atoms with van der Waals surface area (Å²) in [6, 6.07) is 15.1. The van der Waals surface area contributed by atoms with E-state index in [0.29, 0.717) is 54.0 Å². The fraction of sp³-hybridized carbons (Fsp3) is 0.394. The number of pyridine rings is 2. The fourth-order valence-electron chi connectivity index (χ4n) is 6.30. The number of carbonyl (C=O) groups excluding carboxylic acids is 2. The first-order valence-electron chi connectivity index (χ1n) is 15.3. The van der Waals surface area contributed by atoms with Crippen molar-refractivity contribution in [2.24, 2.45) is 0 Å². The summed E-state index contributed by atoms with van der Waals surface area (Å²) >= 11 is 6.49. The van der Waals surface area contributed by atoms with Crippen molar-refractivity contribution < 1.29 is 14.3 Å². The number of rotatable bonds is 7. The number of hydrogen-bond acceptors (Lipinski definition) is 7. The van der Waals surface area contributed by atoms with Gasteiger partial charge in [0.2, 0.25) is 5.88 Å². The lowest BCUT2D eigenvalue weighted by atomic mass is 10.1. The van der Waals surface area contributed by atoms with Crippen LogP contribution in [0.5, 0.6) is 5.88 Å². The maximum Gasteiger partial charge on any atom is 0.328 e. The minimum absolute atomic E-state index is 0.0146. The number of anilines is 1. The Morgan fingerprint density at radius 3 is 2.68 bits per heavy atom. The molecule has 2 aliphatic heterocycles. The molecule has 6 rings (SSSR count). The van der Waals surface area contributed by atoms with Gasteiger partial charge in [-0.2, -0.15) is 0 Å². The van der Waals surface area contributed by atoms with Crippen LogP contribution < -0.4 is 15.0 Å². The number of likely N-dealkylation sites (N-methyl/N-ethyl adjacent to an activating group) is 1. The third-order valence-corrected chi connectivity index (χ3v) is 8.85. The molecule has 0 unspecified atom stereocenters. The highest BCUT2D eigenvalue weighted by molar-refractivity contribution is 6.35. The van der Waals surface area contributed by atoms with Crippen molar-refractivity contribution in [2.45, 2.75) is 38.8 Å². The Labute approximate surface area is 262 Å². The van der Waals surface area contributed by atoms with Gasteiger partial charge in [-0.05, 0) is 69.8 Å². The van der Waals surface area contributed by atoms with Gasteiger partial charge < -0.3 is 24.8 Å². The number of hydrogen-bond donors (Lipinski definition) is 1. The first-order chi connectivity index (χ1) is 21.4. The molecule has 2 atom stereocenters. The van der Waals surface area contributed by atoms with Crippen molar-refractivity contribution in [3.63, 3.8) is 0 Å². The number of nitrogens with zero attached hydrogens (tertiary/aromatic N) is 6. The number of fused-ring (bicyclic) bond motifs is 1. The maximum atomic E-state index is 13.9. The Hall–Kier alpha value is -4.15. The molecule has 3 aromatic heterocycles. The maximum absolute atomic E-state index is 13.9. The molecule has 0 bridgehead atoms. The van der Waals surface area contributed by atoms with E-state index < -0.39 is 0 Å². The highest BCUT2D eigenvalue weighted by Crippen LogP contribution is 2.32. The van der Waals surface area contributed by atoms with Crippen LogP contribution in [0.4, 0.5) is 10.5 Å². The van der Waals surface area contributed by atoms with E-state index in [4.69, 9.17) is 21.3 Å². The van der Waals surface area contributed by atoms with Gasteiger partial charge in [0.1, 0.15) is 0 Å². The summed E-state index contributed by atoms with van der Waals surface area (Å²) < 4.78 is 7.41. The minimum Gasteiger partial charge on any atom is -0.477 e. The normalized spacial score (nSPS) is 19.0. The van der Waals surface area contributed by atoms with E-state index >= 15 is 0 Å². The zero-order valence-electron chi connectivity index (χ0n) is 25.4. The smallest absolute Gasteiger partial charge is 0.328 e. The summed E-state index contributed by atoms with van der Waals surface area (Å²) in [7, 11) is 2.06. The molecule has 2 amide bonds. The average molecular weight is 616 g/mol. The van der Waals surface area contributed by atoms with Crippen LogP contribution in [-0.4, -0.2) is 94.7 Å². The van der Waals surface area contributed by atoms with Gasteiger partial charge in [0.05, 0.1) is 34.1 Å². The zero-order chi connectivity index (χ0) is 30.8. The van der Waals surface area contributed by atoms with Crippen molar-refractivity contribution in [1.82, 2.24) is 29.7 Å². The van der Waals surface area contributed by atoms with Crippen LogP contribution in [0.3, 0.4) is 0 Å². The number of likely N-dealkylation sites (tertiary alicyclic amines) is 1. The lowest BCUT2D eigenvalue weighted by Crippen LogP contribution is -2.56. The van der Waals surface area contributed by atoms with Crippen molar-refractivity contribution >= 4 is 40.1 Å². The molecule has 1 N–H and O–H groups in total. The molecular weight excluding hydrogens is 578 g/mol. The van der Waals surface area contributed by atoms with E-state index in [1.54, 1.807) is 23.0 Å². The molecule has 44 heavy (non-hydrogen) atoms. The highest BCUT2D eigenvalue weighted by atomic mass is 35.5. The van der Waals surface area contributed by atoms with Crippen molar-refractivity contribution in [3.8, 4) is 17.1 Å². The molecule has 0 spiro atoms. The summed E-state index contributed by atoms with van der Waals surface area (Å²) in [5.74, 6) is 0.279. The molecule has 0 aliphatic carbocycles. The Balaban J connectivity index is 1.31. The summed E-state index contributed by atoms with van der Waals surface area (Å²) in [6.07, 6.45) is 5.14. The Kier molecular flexibility index (Phi) is 8.72. The van der Waals surface area contributed by atoms with E-state index in [1.807, 2.05) is 54.3 Å². The molecule has 0 radical (unpaired) electrons. The quantitative estimate of drug-likeness (QED) is 0.307. The number of halogens is 1. The number of nitrogens with one attached hydrogen (secondary N) is 1. The van der Waals surface area contributed by atoms with Crippen LogP contribution in [0.1, 0.15) is 37.2 Å². The lowest BCUT2D eigenvalue weighted by Gasteiger charge is -2.43. The van der Waals surface area contributed by atoms with E-state index in [0.717, 1.165) is 42.6 Å². The molecule has 230 valence electrons. The summed E-state index contributed by atoms with van der Waals surface area (Å²) in [5.41, 5.74) is 3.19. The van der Waals surface area contributed by atoms with Crippen LogP contribution in [0, 0.1) is 0 Å². The van der Waals surface area contributed by atoms with E-state index in [1.165, 1.54) is 0 Å². The Morgan fingerprint density at radius 2 is 1.91 bits per heavy atom. The minimum atomic E-state index is -0.203. The van der Waals surface area contributed by atoms with Crippen molar-refractivity contribution in [1.29, 1.82) is 0 Å². The molecular formula is C33H38ClN7O3. The second kappa shape index (κ2) is 12.8. The van der Waals surface area contributed by atoms with Gasteiger partial charge in [-0.25, -0.2) is 14.8 Å². The molecule has 5 heterocycles. The monoisotopic (exact) mass is 615 g/mol. The van der Waals surface area contributed by atoms with Crippen LogP contribution in [0.15, 0.2) is 60.9 Å². The molecule has 10 nitrogen and oxygen atoms in total. The summed E-state index contributed by atoms with van der Waals surface area (Å²) in [5, 5.41) is 4.70. The van der Waals surface area contributed by atoms with Gasteiger partial charge in [0.15, 0.2) is 5.69 Å². The van der Waals surface area contributed by atoms with Gasteiger partial charge in [-0.1, -0.05) is 30.7 Å². The van der Waals surface area contributed by atoms with Gasteiger partial charge in [-0.15, -0.1) is 0 Å². The first kappa shape index (κ1) is 29.9. The number of carbonyl (C=O) groups is 2. The molecule has 2 fully saturated rings. The van der Waals surface area contributed by atoms with Gasteiger partial charge in [0.25, 0.3) is 5.91 Å². The third-order valence-electron chi connectivity index (χ3n) is 8.55. The Bertz CT molecular complexity index is 1670. The van der Waals surface area contributed by atoms with E-state index in [9.17, 15) is 9.59 Å².